The van der Waals surface area contributed by atoms with E-state index >= 15 is 0 Å². The molecule has 1 aromatic heterocycles. The summed E-state index contributed by atoms with van der Waals surface area (Å²) < 4.78 is 5.69. The van der Waals surface area contributed by atoms with Gasteiger partial charge in [0.05, 0.1) is 17.3 Å². The van der Waals surface area contributed by atoms with E-state index in [-0.39, 0.29) is 12.5 Å². The summed E-state index contributed by atoms with van der Waals surface area (Å²) in [7, 11) is 0. The molecule has 0 fully saturated rings. The van der Waals surface area contributed by atoms with Gasteiger partial charge in [0.2, 0.25) is 5.91 Å². The van der Waals surface area contributed by atoms with E-state index in [9.17, 15) is 4.79 Å². The predicted octanol–water partition coefficient (Wildman–Crippen LogP) is 4.58. The van der Waals surface area contributed by atoms with Crippen LogP contribution in [0.2, 0.25) is 5.02 Å². The molecule has 0 aliphatic heterocycles. The van der Waals surface area contributed by atoms with Gasteiger partial charge in [0.15, 0.2) is 0 Å². The molecule has 6 heteroatoms. The summed E-state index contributed by atoms with van der Waals surface area (Å²) in [5.74, 6) is 1.25. The average Bonchev–Trinajstić information content (AvgIpc) is 2.64. The summed E-state index contributed by atoms with van der Waals surface area (Å²) in [4.78, 5) is 15.9. The molecule has 5 nitrogen and oxygen atoms in total. The van der Waals surface area contributed by atoms with Crippen LogP contribution in [0.5, 0.6) is 11.5 Å². The van der Waals surface area contributed by atoms with E-state index in [1.54, 1.807) is 36.7 Å². The van der Waals surface area contributed by atoms with Crippen LogP contribution in [-0.2, 0) is 4.79 Å². The van der Waals surface area contributed by atoms with Gasteiger partial charge in [-0.2, -0.15) is 0 Å². The number of halogens is 1. The van der Waals surface area contributed by atoms with E-state index in [1.807, 2.05) is 36.4 Å². The summed E-state index contributed by atoms with van der Waals surface area (Å²) in [6.07, 6.45) is 3.34. The molecule has 126 valence electrons. The van der Waals surface area contributed by atoms with Crippen LogP contribution >= 0.6 is 11.6 Å². The maximum atomic E-state index is 12.0. The topological polar surface area (TPSA) is 63.2 Å². The maximum Gasteiger partial charge on any atom is 0.243 e. The molecule has 0 aliphatic carbocycles. The summed E-state index contributed by atoms with van der Waals surface area (Å²) in [6.45, 7) is 0.135. The molecule has 0 unspecified atom stereocenters. The fourth-order valence-corrected chi connectivity index (χ4v) is 2.31. The number of nitrogens with zero attached hydrogens (tertiary/aromatic N) is 1. The zero-order valence-electron chi connectivity index (χ0n) is 13.3. The summed E-state index contributed by atoms with van der Waals surface area (Å²) in [5.41, 5.74) is 1.41. The Hall–Kier alpha value is -3.05. The van der Waals surface area contributed by atoms with Crippen LogP contribution in [0.4, 0.5) is 11.4 Å². The van der Waals surface area contributed by atoms with Crippen molar-refractivity contribution in [1.29, 1.82) is 0 Å². The Labute approximate surface area is 150 Å². The van der Waals surface area contributed by atoms with Crippen LogP contribution in [0.25, 0.3) is 0 Å². The zero-order chi connectivity index (χ0) is 17.5. The van der Waals surface area contributed by atoms with Gasteiger partial charge in [0.25, 0.3) is 0 Å². The number of ether oxygens (including phenoxy) is 1. The van der Waals surface area contributed by atoms with E-state index < -0.39 is 0 Å². The van der Waals surface area contributed by atoms with Gasteiger partial charge in [0.1, 0.15) is 11.5 Å². The number of para-hydroxylation sites is 1. The third kappa shape index (κ3) is 4.96. The highest BCUT2D eigenvalue weighted by Crippen LogP contribution is 2.22. The van der Waals surface area contributed by atoms with Crippen LogP contribution in [0, 0.1) is 0 Å². The highest BCUT2D eigenvalue weighted by atomic mass is 35.5. The predicted molar refractivity (Wildman–Crippen MR) is 99.3 cm³/mol. The van der Waals surface area contributed by atoms with E-state index in [1.165, 1.54) is 0 Å². The van der Waals surface area contributed by atoms with Crippen molar-refractivity contribution in [2.24, 2.45) is 0 Å². The van der Waals surface area contributed by atoms with Crippen LogP contribution in [0.15, 0.2) is 73.1 Å². The molecule has 25 heavy (non-hydrogen) atoms. The Morgan fingerprint density at radius 1 is 0.960 bits per heavy atom. The molecule has 0 spiro atoms. The lowest BCUT2D eigenvalue weighted by Gasteiger charge is -2.10. The minimum Gasteiger partial charge on any atom is -0.457 e. The van der Waals surface area contributed by atoms with E-state index in [0.29, 0.717) is 16.5 Å². The molecule has 0 saturated carbocycles. The average molecular weight is 354 g/mol. The van der Waals surface area contributed by atoms with Gasteiger partial charge in [0, 0.05) is 18.1 Å². The number of rotatable bonds is 6. The summed E-state index contributed by atoms with van der Waals surface area (Å²) in [6, 6.07) is 18.0. The van der Waals surface area contributed by atoms with Gasteiger partial charge >= 0.3 is 0 Å². The molecule has 2 N–H and O–H groups in total. The highest BCUT2D eigenvalue weighted by Gasteiger charge is 2.05. The molecule has 0 bridgehead atoms. The monoisotopic (exact) mass is 353 g/mol. The Morgan fingerprint density at radius 2 is 1.64 bits per heavy atom. The van der Waals surface area contributed by atoms with Crippen molar-refractivity contribution in [3.8, 4) is 11.5 Å². The van der Waals surface area contributed by atoms with Crippen LogP contribution in [0.1, 0.15) is 0 Å². The Balaban J connectivity index is 1.51. The Morgan fingerprint density at radius 3 is 2.36 bits per heavy atom. The lowest BCUT2D eigenvalue weighted by Crippen LogP contribution is -2.21. The normalized spacial score (nSPS) is 10.1. The number of aromatic nitrogens is 1. The number of carbonyl (C=O) groups is 1. The number of benzene rings is 2. The molecule has 1 amide bonds. The molecule has 2 aromatic carbocycles. The van der Waals surface area contributed by atoms with Crippen molar-refractivity contribution in [2.75, 3.05) is 17.2 Å². The Bertz CT molecular complexity index is 839. The van der Waals surface area contributed by atoms with E-state index in [0.717, 1.165) is 11.4 Å². The van der Waals surface area contributed by atoms with Crippen molar-refractivity contribution in [1.82, 2.24) is 4.98 Å². The largest absolute Gasteiger partial charge is 0.457 e. The molecule has 1 heterocycles. The van der Waals surface area contributed by atoms with Gasteiger partial charge in [-0.25, -0.2) is 0 Å². The number of amides is 1. The fourth-order valence-electron chi connectivity index (χ4n) is 2.12. The first-order valence-electron chi connectivity index (χ1n) is 7.67. The molecule has 0 radical (unpaired) electrons. The van der Waals surface area contributed by atoms with Crippen molar-refractivity contribution >= 4 is 28.9 Å². The minimum atomic E-state index is -0.176. The summed E-state index contributed by atoms with van der Waals surface area (Å²) >= 11 is 6.02. The van der Waals surface area contributed by atoms with Gasteiger partial charge in [-0.3, -0.25) is 9.78 Å². The second-order valence-electron chi connectivity index (χ2n) is 5.19. The van der Waals surface area contributed by atoms with Gasteiger partial charge in [-0.1, -0.05) is 23.7 Å². The quantitative estimate of drug-likeness (QED) is 0.681. The highest BCUT2D eigenvalue weighted by molar-refractivity contribution is 6.33. The van der Waals surface area contributed by atoms with Gasteiger partial charge in [-0.05, 0) is 48.5 Å². The fraction of sp³-hybridized carbons (Fsp3) is 0.0526. The number of carbonyl (C=O) groups excluding carboxylic acids is 1. The van der Waals surface area contributed by atoms with Crippen molar-refractivity contribution in [2.45, 2.75) is 0 Å². The van der Waals surface area contributed by atoms with Crippen molar-refractivity contribution < 1.29 is 9.53 Å². The number of nitrogens with one attached hydrogen (secondary N) is 2. The standard InChI is InChI=1S/C19H16ClN3O2/c20-17-3-1-2-4-18(17)23-19(24)13-22-14-5-7-15(8-6-14)25-16-9-11-21-12-10-16/h1-12,22H,13H2,(H,23,24). The number of hydrogen-bond donors (Lipinski definition) is 2. The SMILES string of the molecule is O=C(CNc1ccc(Oc2ccncc2)cc1)Nc1ccccc1Cl. The molecule has 0 saturated heterocycles. The number of anilines is 2. The third-order valence-corrected chi connectivity index (χ3v) is 3.67. The molecular formula is C19H16ClN3O2. The van der Waals surface area contributed by atoms with Crippen LogP contribution in [0.3, 0.4) is 0 Å². The first-order valence-corrected chi connectivity index (χ1v) is 8.05. The second kappa shape index (κ2) is 8.17. The Kier molecular flexibility index (Phi) is 5.49. The lowest BCUT2D eigenvalue weighted by atomic mass is 10.3. The molecule has 0 atom stereocenters. The van der Waals surface area contributed by atoms with Gasteiger partial charge in [-0.15, -0.1) is 0 Å². The van der Waals surface area contributed by atoms with Crippen molar-refractivity contribution in [3.05, 3.63) is 78.1 Å². The smallest absolute Gasteiger partial charge is 0.243 e. The molecule has 3 aromatic rings. The van der Waals surface area contributed by atoms with E-state index in [4.69, 9.17) is 16.3 Å². The summed E-state index contributed by atoms with van der Waals surface area (Å²) in [5, 5.41) is 6.32. The molecular weight excluding hydrogens is 338 g/mol. The first kappa shape index (κ1) is 16.8. The third-order valence-electron chi connectivity index (χ3n) is 3.34. The molecule has 0 aliphatic rings. The van der Waals surface area contributed by atoms with Crippen LogP contribution in [-0.4, -0.2) is 17.4 Å². The minimum absolute atomic E-state index is 0.135. The maximum absolute atomic E-state index is 12.0. The first-order chi connectivity index (χ1) is 12.2. The van der Waals surface area contributed by atoms with Crippen molar-refractivity contribution in [3.63, 3.8) is 0 Å². The molecule has 3 rings (SSSR count). The lowest BCUT2D eigenvalue weighted by molar-refractivity contribution is -0.114. The van der Waals surface area contributed by atoms with Gasteiger partial charge < -0.3 is 15.4 Å². The zero-order valence-corrected chi connectivity index (χ0v) is 14.0. The van der Waals surface area contributed by atoms with E-state index in [2.05, 4.69) is 15.6 Å². The number of pyridine rings is 1. The second-order valence-corrected chi connectivity index (χ2v) is 5.60. The number of hydrogen-bond acceptors (Lipinski definition) is 4. The van der Waals surface area contributed by atoms with Crippen LogP contribution < -0.4 is 15.4 Å².